The summed E-state index contributed by atoms with van der Waals surface area (Å²) in [5.74, 6) is 0.902. The van der Waals surface area contributed by atoms with Crippen molar-refractivity contribution in [1.29, 1.82) is 0 Å². The lowest BCUT2D eigenvalue weighted by Gasteiger charge is -2.27. The molecule has 1 saturated heterocycles. The number of likely N-dealkylation sites (tertiary alicyclic amines) is 1. The monoisotopic (exact) mass is 714 g/mol. The Morgan fingerprint density at radius 1 is 1.06 bits per heavy atom. The van der Waals surface area contributed by atoms with E-state index >= 15 is 0 Å². The van der Waals surface area contributed by atoms with Crippen molar-refractivity contribution < 1.29 is 14.4 Å². The Balaban J connectivity index is 1.28. The molecule has 2 fully saturated rings. The first-order valence-electron chi connectivity index (χ1n) is 17.0. The molecule has 6 rings (SSSR count). The molecule has 0 spiro atoms. The Hall–Kier alpha value is -4.06. The number of nitrogens with one attached hydrogen (secondary N) is 1. The highest BCUT2D eigenvalue weighted by molar-refractivity contribution is 9.10. The molecule has 4 atom stereocenters. The quantitative estimate of drug-likeness (QED) is 0.0916. The van der Waals surface area contributed by atoms with Crippen molar-refractivity contribution in [1.82, 2.24) is 34.6 Å². The van der Waals surface area contributed by atoms with E-state index in [2.05, 4.69) is 67.1 Å². The van der Waals surface area contributed by atoms with Crippen molar-refractivity contribution >= 4 is 50.2 Å². The third kappa shape index (κ3) is 6.51. The van der Waals surface area contributed by atoms with E-state index in [1.54, 1.807) is 34.2 Å². The number of aryl methyl sites for hydroxylation is 2. The summed E-state index contributed by atoms with van der Waals surface area (Å²) in [4.78, 5) is 60.6. The minimum absolute atomic E-state index is 0.0277. The third-order valence-electron chi connectivity index (χ3n) is 10.3. The lowest BCUT2D eigenvalue weighted by Crippen LogP contribution is -2.47. The van der Waals surface area contributed by atoms with E-state index in [4.69, 9.17) is 0 Å². The van der Waals surface area contributed by atoms with Crippen LogP contribution >= 0.6 is 15.9 Å². The number of ketones is 1. The summed E-state index contributed by atoms with van der Waals surface area (Å²) in [6.07, 6.45) is 12.7. The van der Waals surface area contributed by atoms with E-state index in [1.165, 1.54) is 13.3 Å². The number of fused-ring (bicyclic) bond motifs is 2. The van der Waals surface area contributed by atoms with Gasteiger partial charge in [-0.05, 0) is 77.6 Å². The van der Waals surface area contributed by atoms with Gasteiger partial charge in [0.15, 0.2) is 5.78 Å². The number of rotatable bonds is 13. The van der Waals surface area contributed by atoms with E-state index in [9.17, 15) is 14.4 Å². The van der Waals surface area contributed by atoms with Gasteiger partial charge >= 0.3 is 0 Å². The standard InChI is InChI=1S/C36H43BrN8O3/c1-6-8-9-10-11-24-12-13-31(37)41-34(24)42-35(48)28-15-36(21(3)7-2)16-30(36)45(28)32(47)20-44-29-19-40-27(25-17-38-23(5)39-18-25)14-26(29)33(43-44)22(4)46/h12-14,17-19,21,28,30H,6-11,15-16,20H2,1-5H3,(H,41,42,48)/t21?,28-,30+,36-/m0/s1. The molecule has 1 saturated carbocycles. The molecule has 4 aromatic heterocycles. The predicted octanol–water partition coefficient (Wildman–Crippen LogP) is 6.72. The van der Waals surface area contributed by atoms with Crippen LogP contribution < -0.4 is 5.32 Å². The molecule has 48 heavy (non-hydrogen) atoms. The van der Waals surface area contributed by atoms with Crippen LogP contribution in [0.2, 0.25) is 0 Å². The summed E-state index contributed by atoms with van der Waals surface area (Å²) in [5.41, 5.74) is 3.05. The SMILES string of the molecule is CCCCCCc1ccc(Br)nc1NC(=O)[C@@H]1C[C@@]2(C(C)CC)C[C@H]2N1C(=O)Cn1nc(C(C)=O)c2cc(-c3cnc(C)nc3)ncc21. The molecule has 1 aliphatic heterocycles. The smallest absolute Gasteiger partial charge is 0.248 e. The number of halogens is 1. The Morgan fingerprint density at radius 2 is 1.83 bits per heavy atom. The maximum Gasteiger partial charge on any atom is 0.248 e. The molecule has 12 heteroatoms. The normalized spacial score (nSPS) is 20.5. The van der Waals surface area contributed by atoms with Crippen LogP contribution in [0.15, 0.2) is 41.4 Å². The van der Waals surface area contributed by atoms with Crippen LogP contribution in [0.4, 0.5) is 5.82 Å². The van der Waals surface area contributed by atoms with Crippen molar-refractivity contribution in [3.63, 3.8) is 0 Å². The van der Waals surface area contributed by atoms with Crippen molar-refractivity contribution in [2.75, 3.05) is 5.32 Å². The molecule has 1 N–H and O–H groups in total. The zero-order valence-electron chi connectivity index (χ0n) is 28.3. The fourth-order valence-corrected chi connectivity index (χ4v) is 7.65. The van der Waals surface area contributed by atoms with Crippen LogP contribution in [0.25, 0.3) is 22.2 Å². The summed E-state index contributed by atoms with van der Waals surface area (Å²) < 4.78 is 2.19. The van der Waals surface area contributed by atoms with Crippen molar-refractivity contribution in [3.05, 3.63) is 58.5 Å². The van der Waals surface area contributed by atoms with Gasteiger partial charge in [0.25, 0.3) is 0 Å². The molecule has 0 aromatic carbocycles. The van der Waals surface area contributed by atoms with Gasteiger partial charge in [-0.25, -0.2) is 15.0 Å². The topological polar surface area (TPSA) is 136 Å². The van der Waals surface area contributed by atoms with Gasteiger partial charge in [0.05, 0.1) is 17.4 Å². The number of anilines is 1. The van der Waals surface area contributed by atoms with Crippen LogP contribution in [-0.2, 0) is 22.6 Å². The highest BCUT2D eigenvalue weighted by atomic mass is 79.9. The molecular formula is C36H43BrN8O3. The number of piperidine rings is 1. The average Bonchev–Trinajstić information content (AvgIpc) is 3.52. The van der Waals surface area contributed by atoms with Crippen molar-refractivity contribution in [3.8, 4) is 11.3 Å². The van der Waals surface area contributed by atoms with Crippen LogP contribution in [-0.4, -0.2) is 64.3 Å². The van der Waals surface area contributed by atoms with Crippen molar-refractivity contribution in [2.24, 2.45) is 11.3 Å². The van der Waals surface area contributed by atoms with E-state index in [1.807, 2.05) is 19.1 Å². The molecule has 0 radical (unpaired) electrons. The predicted molar refractivity (Wildman–Crippen MR) is 187 cm³/mol. The Labute approximate surface area is 289 Å². The van der Waals surface area contributed by atoms with Gasteiger partial charge in [-0.15, -0.1) is 0 Å². The lowest BCUT2D eigenvalue weighted by atomic mass is 9.84. The number of pyridine rings is 2. The minimum atomic E-state index is -0.639. The number of hydrogen-bond acceptors (Lipinski definition) is 8. The second-order valence-electron chi connectivity index (χ2n) is 13.4. The van der Waals surface area contributed by atoms with Gasteiger partial charge in [-0.2, -0.15) is 5.10 Å². The molecule has 4 aromatic rings. The van der Waals surface area contributed by atoms with Gasteiger partial charge in [-0.1, -0.05) is 52.5 Å². The van der Waals surface area contributed by atoms with Gasteiger partial charge in [0.2, 0.25) is 11.8 Å². The van der Waals surface area contributed by atoms with Crippen LogP contribution in [0.1, 0.15) is 94.5 Å². The maximum absolute atomic E-state index is 14.3. The number of nitrogens with zero attached hydrogens (tertiary/aromatic N) is 7. The van der Waals surface area contributed by atoms with E-state index in [0.29, 0.717) is 50.7 Å². The second kappa shape index (κ2) is 13.8. The first kappa shape index (κ1) is 33.8. The van der Waals surface area contributed by atoms with Gasteiger partial charge < -0.3 is 10.2 Å². The molecular weight excluding hydrogens is 672 g/mol. The first-order chi connectivity index (χ1) is 23.1. The van der Waals surface area contributed by atoms with E-state index < -0.39 is 6.04 Å². The fourth-order valence-electron chi connectivity index (χ4n) is 7.34. The van der Waals surface area contributed by atoms with Crippen LogP contribution in [0.3, 0.4) is 0 Å². The molecule has 11 nitrogen and oxygen atoms in total. The summed E-state index contributed by atoms with van der Waals surface area (Å²) in [5, 5.41) is 8.30. The fraction of sp³-hybridized carbons (Fsp3) is 0.500. The highest BCUT2D eigenvalue weighted by Crippen LogP contribution is 2.64. The Kier molecular flexibility index (Phi) is 9.74. The maximum atomic E-state index is 14.3. The molecule has 1 aliphatic carbocycles. The zero-order chi connectivity index (χ0) is 34.2. The van der Waals surface area contributed by atoms with Crippen LogP contribution in [0, 0.1) is 18.3 Å². The molecule has 2 amide bonds. The number of carbonyl (C=O) groups is 3. The first-order valence-corrected chi connectivity index (χ1v) is 17.8. The summed E-state index contributed by atoms with van der Waals surface area (Å²) >= 11 is 3.47. The van der Waals surface area contributed by atoms with Gasteiger partial charge in [0, 0.05) is 36.3 Å². The summed E-state index contributed by atoms with van der Waals surface area (Å²) in [6.45, 7) is 9.71. The number of hydrogen-bond donors (Lipinski definition) is 1. The average molecular weight is 716 g/mol. The number of unbranched alkanes of at least 4 members (excludes halogenated alkanes) is 3. The number of amides is 2. The third-order valence-corrected chi connectivity index (χ3v) is 10.8. The number of aromatic nitrogens is 6. The zero-order valence-corrected chi connectivity index (χ0v) is 29.9. The minimum Gasteiger partial charge on any atom is -0.325 e. The lowest BCUT2D eigenvalue weighted by molar-refractivity contribution is -0.138. The summed E-state index contributed by atoms with van der Waals surface area (Å²) in [6, 6.07) is 5.04. The molecule has 5 heterocycles. The van der Waals surface area contributed by atoms with Gasteiger partial charge in [-0.3, -0.25) is 24.0 Å². The Bertz CT molecular complexity index is 1860. The largest absolute Gasteiger partial charge is 0.325 e. The molecule has 0 bridgehead atoms. The Morgan fingerprint density at radius 3 is 2.54 bits per heavy atom. The highest BCUT2D eigenvalue weighted by Gasteiger charge is 2.68. The number of Topliss-reactive ketones (excluding diaryl/α,β-unsaturated/α-hetero) is 1. The van der Waals surface area contributed by atoms with E-state index in [-0.39, 0.29) is 41.3 Å². The molecule has 252 valence electrons. The van der Waals surface area contributed by atoms with Gasteiger partial charge in [0.1, 0.15) is 34.5 Å². The number of carbonyl (C=O) groups excluding carboxylic acids is 3. The van der Waals surface area contributed by atoms with Crippen LogP contribution in [0.5, 0.6) is 0 Å². The molecule has 1 unspecified atom stereocenters. The summed E-state index contributed by atoms with van der Waals surface area (Å²) in [7, 11) is 0. The van der Waals surface area contributed by atoms with E-state index in [0.717, 1.165) is 44.1 Å². The second-order valence-corrected chi connectivity index (χ2v) is 14.2. The van der Waals surface area contributed by atoms with Crippen molar-refractivity contribution in [2.45, 2.75) is 105 Å². The molecule has 2 aliphatic rings.